The van der Waals surface area contributed by atoms with E-state index in [-0.39, 0.29) is 5.41 Å². The van der Waals surface area contributed by atoms with Crippen molar-refractivity contribution in [1.82, 2.24) is 5.32 Å². The average Bonchev–Trinajstić information content (AvgIpc) is 2.52. The van der Waals surface area contributed by atoms with Gasteiger partial charge in [-0.25, -0.2) is 0 Å². The fraction of sp³-hybridized carbons (Fsp3) is 1.00. The molecule has 0 aromatic carbocycles. The molecule has 1 aliphatic carbocycles. The van der Waals surface area contributed by atoms with E-state index in [2.05, 4.69) is 19.2 Å². The van der Waals surface area contributed by atoms with Crippen molar-refractivity contribution in [1.29, 1.82) is 0 Å². The Morgan fingerprint density at radius 1 is 1.31 bits per heavy atom. The Balaban J connectivity index is 2.15. The van der Waals surface area contributed by atoms with Crippen LogP contribution in [0.5, 0.6) is 0 Å². The third kappa shape index (κ3) is 4.10. The normalized spacial score (nSPS) is 19.6. The minimum atomic E-state index is 0.247. The van der Waals surface area contributed by atoms with Crippen molar-refractivity contribution in [3.63, 3.8) is 0 Å². The van der Waals surface area contributed by atoms with E-state index in [1.54, 1.807) is 0 Å². The zero-order chi connectivity index (χ0) is 9.73. The van der Waals surface area contributed by atoms with E-state index in [1.165, 1.54) is 25.7 Å². The van der Waals surface area contributed by atoms with Crippen LogP contribution in [-0.4, -0.2) is 24.3 Å². The van der Waals surface area contributed by atoms with Crippen LogP contribution in [0.2, 0.25) is 0 Å². The minimum absolute atomic E-state index is 0.247. The van der Waals surface area contributed by atoms with E-state index in [9.17, 15) is 0 Å². The third-order valence-electron chi connectivity index (χ3n) is 3.01. The Kier molecular flexibility index (Phi) is 4.20. The van der Waals surface area contributed by atoms with Crippen LogP contribution >= 0.6 is 0 Å². The fourth-order valence-corrected chi connectivity index (χ4v) is 1.94. The maximum Gasteiger partial charge on any atom is 0.0436 e. The van der Waals surface area contributed by atoms with Crippen LogP contribution in [0, 0.1) is 5.41 Å². The van der Waals surface area contributed by atoms with Gasteiger partial charge in [0.1, 0.15) is 0 Å². The first-order valence-corrected chi connectivity index (χ1v) is 5.48. The summed E-state index contributed by atoms with van der Waals surface area (Å²) in [5, 5.41) is 12.5. The molecule has 1 fully saturated rings. The third-order valence-corrected chi connectivity index (χ3v) is 3.01. The molecule has 0 amide bonds. The summed E-state index contributed by atoms with van der Waals surface area (Å²) in [7, 11) is 0. The van der Waals surface area contributed by atoms with Crippen molar-refractivity contribution in [3.8, 4) is 0 Å². The molecule has 1 rings (SSSR count). The molecule has 0 aromatic heterocycles. The van der Waals surface area contributed by atoms with Crippen LogP contribution < -0.4 is 5.32 Å². The number of hydrogen-bond donors (Lipinski definition) is 2. The topological polar surface area (TPSA) is 32.3 Å². The standard InChI is InChI=1S/C11H23NO/c1-11(2,7-8-13)9-12-10-5-3-4-6-10/h10,12-13H,3-9H2,1-2H3. The van der Waals surface area contributed by atoms with Gasteiger partial charge in [0.25, 0.3) is 0 Å². The van der Waals surface area contributed by atoms with Crippen molar-refractivity contribution in [2.24, 2.45) is 5.41 Å². The molecule has 0 heterocycles. The number of rotatable bonds is 5. The quantitative estimate of drug-likeness (QED) is 0.686. The molecular formula is C11H23NO. The second kappa shape index (κ2) is 4.97. The molecule has 2 heteroatoms. The van der Waals surface area contributed by atoms with Gasteiger partial charge in [0.15, 0.2) is 0 Å². The summed E-state index contributed by atoms with van der Waals surface area (Å²) >= 11 is 0. The van der Waals surface area contributed by atoms with Gasteiger partial charge in [-0.3, -0.25) is 0 Å². The molecule has 0 saturated heterocycles. The molecule has 2 nitrogen and oxygen atoms in total. The summed E-state index contributed by atoms with van der Waals surface area (Å²) in [6.45, 7) is 5.77. The number of aliphatic hydroxyl groups excluding tert-OH is 1. The lowest BCUT2D eigenvalue weighted by Gasteiger charge is -2.26. The number of aliphatic hydroxyl groups is 1. The molecule has 0 radical (unpaired) electrons. The van der Waals surface area contributed by atoms with Gasteiger partial charge in [0.05, 0.1) is 0 Å². The Morgan fingerprint density at radius 3 is 2.46 bits per heavy atom. The lowest BCUT2D eigenvalue weighted by atomic mass is 9.89. The van der Waals surface area contributed by atoms with E-state index < -0.39 is 0 Å². The molecule has 1 aliphatic rings. The Labute approximate surface area is 81.7 Å². The van der Waals surface area contributed by atoms with Crippen molar-refractivity contribution in [2.45, 2.75) is 52.0 Å². The first kappa shape index (κ1) is 11.0. The molecule has 0 aliphatic heterocycles. The first-order valence-electron chi connectivity index (χ1n) is 5.48. The number of nitrogens with one attached hydrogen (secondary N) is 1. The van der Waals surface area contributed by atoms with E-state index >= 15 is 0 Å². The van der Waals surface area contributed by atoms with E-state index in [0.29, 0.717) is 6.61 Å². The van der Waals surface area contributed by atoms with Gasteiger partial charge in [-0.05, 0) is 24.7 Å². The van der Waals surface area contributed by atoms with E-state index in [4.69, 9.17) is 5.11 Å². The Hall–Kier alpha value is -0.0800. The van der Waals surface area contributed by atoms with Crippen LogP contribution in [0.1, 0.15) is 46.0 Å². The Morgan fingerprint density at radius 2 is 1.92 bits per heavy atom. The summed E-state index contributed by atoms with van der Waals surface area (Å²) in [6, 6.07) is 0.748. The zero-order valence-electron chi connectivity index (χ0n) is 8.97. The van der Waals surface area contributed by atoms with Gasteiger partial charge in [0.2, 0.25) is 0 Å². The molecule has 13 heavy (non-hydrogen) atoms. The summed E-state index contributed by atoms with van der Waals surface area (Å²) < 4.78 is 0. The smallest absolute Gasteiger partial charge is 0.0436 e. The van der Waals surface area contributed by atoms with Gasteiger partial charge < -0.3 is 10.4 Å². The lowest BCUT2D eigenvalue weighted by Crippen LogP contribution is -2.36. The zero-order valence-corrected chi connectivity index (χ0v) is 8.97. The monoisotopic (exact) mass is 185 g/mol. The summed E-state index contributed by atoms with van der Waals surface area (Å²) in [4.78, 5) is 0. The second-order valence-corrected chi connectivity index (χ2v) is 5.00. The molecule has 1 saturated carbocycles. The summed E-state index contributed by atoms with van der Waals surface area (Å²) in [5.41, 5.74) is 0.247. The molecular weight excluding hydrogens is 162 g/mol. The Bertz CT molecular complexity index is 139. The van der Waals surface area contributed by atoms with Crippen LogP contribution in [0.4, 0.5) is 0 Å². The van der Waals surface area contributed by atoms with Crippen molar-refractivity contribution in [2.75, 3.05) is 13.2 Å². The predicted octanol–water partition coefficient (Wildman–Crippen LogP) is 1.93. The molecule has 2 N–H and O–H groups in total. The fourth-order valence-electron chi connectivity index (χ4n) is 1.94. The molecule has 78 valence electrons. The van der Waals surface area contributed by atoms with E-state index in [0.717, 1.165) is 19.0 Å². The molecule has 0 aromatic rings. The lowest BCUT2D eigenvalue weighted by molar-refractivity contribution is 0.203. The van der Waals surface area contributed by atoms with Gasteiger partial charge in [-0.1, -0.05) is 26.7 Å². The van der Waals surface area contributed by atoms with Crippen molar-refractivity contribution >= 4 is 0 Å². The largest absolute Gasteiger partial charge is 0.396 e. The van der Waals surface area contributed by atoms with Crippen LogP contribution in [-0.2, 0) is 0 Å². The molecule has 0 unspecified atom stereocenters. The second-order valence-electron chi connectivity index (χ2n) is 5.00. The van der Waals surface area contributed by atoms with Crippen LogP contribution in [0.15, 0.2) is 0 Å². The van der Waals surface area contributed by atoms with Gasteiger partial charge >= 0.3 is 0 Å². The van der Waals surface area contributed by atoms with Gasteiger partial charge in [-0.2, -0.15) is 0 Å². The highest BCUT2D eigenvalue weighted by molar-refractivity contribution is 4.78. The molecule has 0 atom stereocenters. The predicted molar refractivity (Wildman–Crippen MR) is 55.7 cm³/mol. The summed E-state index contributed by atoms with van der Waals surface area (Å²) in [6.07, 6.45) is 6.35. The van der Waals surface area contributed by atoms with Crippen LogP contribution in [0.3, 0.4) is 0 Å². The highest BCUT2D eigenvalue weighted by Gasteiger charge is 2.20. The van der Waals surface area contributed by atoms with Crippen LogP contribution in [0.25, 0.3) is 0 Å². The molecule has 0 spiro atoms. The average molecular weight is 185 g/mol. The van der Waals surface area contributed by atoms with Crippen molar-refractivity contribution in [3.05, 3.63) is 0 Å². The first-order chi connectivity index (χ1) is 6.14. The summed E-state index contributed by atoms with van der Waals surface area (Å²) in [5.74, 6) is 0. The van der Waals surface area contributed by atoms with Gasteiger partial charge in [0, 0.05) is 19.2 Å². The van der Waals surface area contributed by atoms with Gasteiger partial charge in [-0.15, -0.1) is 0 Å². The van der Waals surface area contributed by atoms with Crippen molar-refractivity contribution < 1.29 is 5.11 Å². The SMILES string of the molecule is CC(C)(CCO)CNC1CCCC1. The maximum atomic E-state index is 8.87. The number of hydrogen-bond acceptors (Lipinski definition) is 2. The highest BCUT2D eigenvalue weighted by Crippen LogP contribution is 2.22. The minimum Gasteiger partial charge on any atom is -0.396 e. The van der Waals surface area contributed by atoms with E-state index in [1.807, 2.05) is 0 Å². The maximum absolute atomic E-state index is 8.87. The highest BCUT2D eigenvalue weighted by atomic mass is 16.3. The molecule has 0 bridgehead atoms.